The summed E-state index contributed by atoms with van der Waals surface area (Å²) in [5.74, 6) is 1.89. The number of carbonyl (C=O) groups excluding carboxylic acids is 3. The van der Waals surface area contributed by atoms with Crippen molar-refractivity contribution in [3.05, 3.63) is 23.3 Å². The lowest BCUT2D eigenvalue weighted by molar-refractivity contribution is -0.214. The van der Waals surface area contributed by atoms with E-state index in [4.69, 9.17) is 28.4 Å². The maximum absolute atomic E-state index is 13.5. The predicted molar refractivity (Wildman–Crippen MR) is 172 cm³/mol. The first-order valence-corrected chi connectivity index (χ1v) is 17.5. The lowest BCUT2D eigenvalue weighted by Gasteiger charge is -2.57. The Labute approximate surface area is 275 Å². The lowest BCUT2D eigenvalue weighted by Crippen LogP contribution is -2.54. The Kier molecular flexibility index (Phi) is 10.3. The minimum atomic E-state index is -0.869. The summed E-state index contributed by atoms with van der Waals surface area (Å²) < 4.78 is 33.1. The molecule has 0 spiro atoms. The third-order valence-corrected chi connectivity index (χ3v) is 12.8. The summed E-state index contributed by atoms with van der Waals surface area (Å²) in [6, 6.07) is 0. The quantitative estimate of drug-likeness (QED) is 0.231. The number of rotatable bonds is 9. The molecule has 9 nitrogen and oxygen atoms in total. The van der Waals surface area contributed by atoms with Crippen molar-refractivity contribution in [2.45, 2.75) is 130 Å². The van der Waals surface area contributed by atoms with Gasteiger partial charge < -0.3 is 28.4 Å². The van der Waals surface area contributed by atoms with Crippen LogP contribution in [0.1, 0.15) is 106 Å². The molecule has 0 aromatic rings. The van der Waals surface area contributed by atoms with Crippen molar-refractivity contribution < 1.29 is 42.8 Å². The summed E-state index contributed by atoms with van der Waals surface area (Å²) in [6.07, 6.45) is 10.5. The molecule has 1 saturated heterocycles. The van der Waals surface area contributed by atoms with Gasteiger partial charge >= 0.3 is 12.3 Å². The molecule has 5 rings (SSSR count). The highest BCUT2D eigenvalue weighted by Gasteiger charge is 2.60. The van der Waals surface area contributed by atoms with E-state index in [-0.39, 0.29) is 29.3 Å². The molecule has 0 amide bonds. The van der Waals surface area contributed by atoms with Crippen LogP contribution in [0, 0.1) is 40.4 Å². The molecule has 1 heterocycles. The molecule has 4 fully saturated rings. The van der Waals surface area contributed by atoms with Gasteiger partial charge in [-0.05, 0) is 93.8 Å². The van der Waals surface area contributed by atoms with Gasteiger partial charge in [0.05, 0.1) is 14.2 Å². The first-order chi connectivity index (χ1) is 21.7. The van der Waals surface area contributed by atoms with E-state index in [1.54, 1.807) is 0 Å². The van der Waals surface area contributed by atoms with Crippen LogP contribution in [0.4, 0.5) is 9.59 Å². The number of carbonyl (C=O) groups is 3. The molecule has 4 aliphatic carbocycles. The second-order valence-electron chi connectivity index (χ2n) is 15.6. The van der Waals surface area contributed by atoms with Crippen LogP contribution in [-0.2, 0) is 33.2 Å². The predicted octanol–water partition coefficient (Wildman–Crippen LogP) is 7.95. The average molecular weight is 645 g/mol. The van der Waals surface area contributed by atoms with Gasteiger partial charge in [0.1, 0.15) is 17.8 Å². The highest BCUT2D eigenvalue weighted by Crippen LogP contribution is 2.66. The van der Waals surface area contributed by atoms with Crippen molar-refractivity contribution >= 4 is 18.1 Å². The van der Waals surface area contributed by atoms with E-state index in [1.165, 1.54) is 19.8 Å². The molecule has 0 aromatic carbocycles. The number of methoxy groups -OCH3 is 2. The SMILES string of the molecule is COC(=O)O[C@@H]1CC2=CC=C3[C@@H]4CC[C@H]([C@H](C)[C@H](C)CC(=O)C(C)(C)OC5CCCCO5)[C@@]4(C)CC[C@@H]3[C@@]2(C)[C@@H](OC(=O)OC)C1. The topological polar surface area (TPSA) is 107 Å². The summed E-state index contributed by atoms with van der Waals surface area (Å²) in [5, 5.41) is 0. The van der Waals surface area contributed by atoms with Gasteiger partial charge in [0, 0.05) is 31.3 Å². The molecule has 1 aliphatic heterocycles. The number of hydrogen-bond acceptors (Lipinski definition) is 9. The summed E-state index contributed by atoms with van der Waals surface area (Å²) in [4.78, 5) is 38.0. The van der Waals surface area contributed by atoms with Crippen LogP contribution >= 0.6 is 0 Å². The van der Waals surface area contributed by atoms with E-state index in [1.807, 2.05) is 13.8 Å². The van der Waals surface area contributed by atoms with E-state index < -0.39 is 35.5 Å². The molecular weight excluding hydrogens is 588 g/mol. The van der Waals surface area contributed by atoms with Gasteiger partial charge in [-0.3, -0.25) is 4.79 Å². The smallest absolute Gasteiger partial charge is 0.438 e. The summed E-state index contributed by atoms with van der Waals surface area (Å²) in [7, 11) is 2.61. The average Bonchev–Trinajstić information content (AvgIpc) is 3.38. The van der Waals surface area contributed by atoms with Gasteiger partial charge in [-0.1, -0.05) is 51.0 Å². The molecule has 0 N–H and O–H groups in total. The number of ketones is 1. The van der Waals surface area contributed by atoms with Crippen molar-refractivity contribution in [2.75, 3.05) is 20.8 Å². The van der Waals surface area contributed by atoms with E-state index in [2.05, 4.69) is 39.8 Å². The second-order valence-corrected chi connectivity index (χ2v) is 15.6. The Balaban J connectivity index is 1.32. The maximum Gasteiger partial charge on any atom is 0.508 e. The van der Waals surface area contributed by atoms with Crippen LogP contribution < -0.4 is 0 Å². The van der Waals surface area contributed by atoms with E-state index in [0.29, 0.717) is 43.6 Å². The molecule has 0 aromatic heterocycles. The minimum absolute atomic E-state index is 0.118. The van der Waals surface area contributed by atoms with Crippen LogP contribution in [0.3, 0.4) is 0 Å². The second kappa shape index (κ2) is 13.6. The normalized spacial score (nSPS) is 36.9. The standard InChI is InChI=1S/C37H56O9/c1-22(19-30(38)35(3,4)46-32-11-9-10-18-43-32)23(2)27-14-15-28-26-13-12-24-20-25(44-33(39)41-7)21-31(45-34(40)42-8)37(24,6)29(26)16-17-36(27,28)5/h12-13,22-23,25,27-29,31-32H,9-11,14-21H2,1-8H3/t22-,23-,25-,27-,28+,29+,31+,32?,36-,37+/m1/s1. The van der Waals surface area contributed by atoms with Crippen LogP contribution in [-0.4, -0.2) is 63.0 Å². The zero-order valence-electron chi connectivity index (χ0n) is 29.2. The lowest BCUT2D eigenvalue weighted by atomic mass is 9.49. The van der Waals surface area contributed by atoms with E-state index in [0.717, 1.165) is 50.5 Å². The Morgan fingerprint density at radius 2 is 1.67 bits per heavy atom. The van der Waals surface area contributed by atoms with Crippen molar-refractivity contribution in [2.24, 2.45) is 40.4 Å². The molecular formula is C37H56O9. The number of fused-ring (bicyclic) bond motifs is 5. The fraction of sp³-hybridized carbons (Fsp3) is 0.811. The van der Waals surface area contributed by atoms with Crippen LogP contribution in [0.25, 0.3) is 0 Å². The first kappa shape index (κ1) is 34.9. The third-order valence-electron chi connectivity index (χ3n) is 12.8. The molecule has 46 heavy (non-hydrogen) atoms. The monoisotopic (exact) mass is 644 g/mol. The zero-order valence-corrected chi connectivity index (χ0v) is 29.2. The number of Topliss-reactive ketones (excluding diaryl/α,β-unsaturated/α-hetero) is 1. The third kappa shape index (κ3) is 6.52. The van der Waals surface area contributed by atoms with E-state index in [9.17, 15) is 14.4 Å². The van der Waals surface area contributed by atoms with Gasteiger partial charge in [0.15, 0.2) is 12.1 Å². The number of ether oxygens (including phenoxy) is 6. The molecule has 5 aliphatic rings. The van der Waals surface area contributed by atoms with Crippen molar-refractivity contribution in [1.29, 1.82) is 0 Å². The highest BCUT2D eigenvalue weighted by atomic mass is 16.7. The van der Waals surface area contributed by atoms with Gasteiger partial charge in [-0.2, -0.15) is 0 Å². The fourth-order valence-electron chi connectivity index (χ4n) is 9.84. The highest BCUT2D eigenvalue weighted by molar-refractivity contribution is 5.86. The number of hydrogen-bond donors (Lipinski definition) is 0. The maximum atomic E-state index is 13.5. The van der Waals surface area contributed by atoms with Crippen molar-refractivity contribution in [3.8, 4) is 0 Å². The van der Waals surface area contributed by atoms with Crippen LogP contribution in [0.2, 0.25) is 0 Å². The van der Waals surface area contributed by atoms with Crippen LogP contribution in [0.5, 0.6) is 0 Å². The number of allylic oxidation sites excluding steroid dienone is 3. The molecule has 0 radical (unpaired) electrons. The molecule has 258 valence electrons. The van der Waals surface area contributed by atoms with Gasteiger partial charge in [0.25, 0.3) is 0 Å². The summed E-state index contributed by atoms with van der Waals surface area (Å²) in [6.45, 7) is 13.7. The minimum Gasteiger partial charge on any atom is -0.438 e. The summed E-state index contributed by atoms with van der Waals surface area (Å²) >= 11 is 0. The van der Waals surface area contributed by atoms with Gasteiger partial charge in [-0.25, -0.2) is 9.59 Å². The fourth-order valence-corrected chi connectivity index (χ4v) is 9.84. The zero-order chi connectivity index (χ0) is 33.4. The Morgan fingerprint density at radius 1 is 0.957 bits per heavy atom. The first-order valence-electron chi connectivity index (χ1n) is 17.5. The van der Waals surface area contributed by atoms with Gasteiger partial charge in [0.2, 0.25) is 0 Å². The Hall–Kier alpha value is -2.39. The van der Waals surface area contributed by atoms with Crippen molar-refractivity contribution in [1.82, 2.24) is 0 Å². The molecule has 10 atom stereocenters. The molecule has 9 heteroatoms. The van der Waals surface area contributed by atoms with Gasteiger partial charge in [-0.15, -0.1) is 0 Å². The molecule has 3 saturated carbocycles. The molecule has 0 bridgehead atoms. The van der Waals surface area contributed by atoms with Crippen molar-refractivity contribution in [3.63, 3.8) is 0 Å². The largest absolute Gasteiger partial charge is 0.508 e. The Morgan fingerprint density at radius 3 is 2.35 bits per heavy atom. The molecule has 1 unspecified atom stereocenters. The van der Waals surface area contributed by atoms with E-state index >= 15 is 0 Å². The van der Waals surface area contributed by atoms with Crippen LogP contribution in [0.15, 0.2) is 23.3 Å². The summed E-state index contributed by atoms with van der Waals surface area (Å²) in [5.41, 5.74) is 1.41. The Bertz CT molecular complexity index is 1220.